The van der Waals surface area contributed by atoms with Crippen LogP contribution in [0.25, 0.3) is 10.1 Å². The third-order valence-corrected chi connectivity index (χ3v) is 5.56. The van der Waals surface area contributed by atoms with Crippen molar-refractivity contribution in [3.05, 3.63) is 59.1 Å². The smallest absolute Gasteiger partial charge is 0.227 e. The van der Waals surface area contributed by atoms with E-state index in [0.29, 0.717) is 24.9 Å². The number of hydrogen-bond acceptors (Lipinski definition) is 5. The fraction of sp³-hybridized carbons (Fsp3) is 0.318. The van der Waals surface area contributed by atoms with E-state index in [1.165, 1.54) is 0 Å². The van der Waals surface area contributed by atoms with Crippen LogP contribution in [0.15, 0.2) is 53.5 Å². The maximum absolute atomic E-state index is 12.1. The van der Waals surface area contributed by atoms with Gasteiger partial charge < -0.3 is 21.1 Å². The average Bonchev–Trinajstić information content (AvgIpc) is 3.16. The molecule has 3 aromatic rings. The van der Waals surface area contributed by atoms with Crippen LogP contribution in [-0.4, -0.2) is 41.6 Å². The predicted octanol–water partition coefficient (Wildman–Crippen LogP) is 3.84. The van der Waals surface area contributed by atoms with E-state index in [1.54, 1.807) is 17.4 Å². The topological polar surface area (TPSA) is 98.6 Å². The van der Waals surface area contributed by atoms with Crippen LogP contribution in [0, 0.1) is 6.92 Å². The molecule has 7 nitrogen and oxygen atoms in total. The van der Waals surface area contributed by atoms with Crippen LogP contribution in [0.4, 0.5) is 5.82 Å². The van der Waals surface area contributed by atoms with Crippen molar-refractivity contribution < 1.29 is 9.90 Å². The molecule has 0 spiro atoms. The fourth-order valence-electron chi connectivity index (χ4n) is 2.89. The van der Waals surface area contributed by atoms with Gasteiger partial charge in [-0.2, -0.15) is 0 Å². The van der Waals surface area contributed by atoms with Crippen molar-refractivity contribution in [2.24, 2.45) is 4.99 Å². The number of aliphatic hydroxyl groups excluding tert-OH is 1. The number of carbonyl (C=O) groups excluding carboxylic acids is 1. The first-order chi connectivity index (χ1) is 14.5. The van der Waals surface area contributed by atoms with Crippen LogP contribution in [0.1, 0.15) is 30.0 Å². The molecule has 9 heteroatoms. The molecule has 0 saturated heterocycles. The number of carbonyl (C=O) groups is 1. The van der Waals surface area contributed by atoms with Gasteiger partial charge >= 0.3 is 0 Å². The Labute approximate surface area is 203 Å². The van der Waals surface area contributed by atoms with Crippen LogP contribution < -0.4 is 16.0 Å². The second-order valence-corrected chi connectivity index (χ2v) is 7.93. The molecule has 0 radical (unpaired) electrons. The molecule has 1 unspecified atom stereocenters. The monoisotopic (exact) mass is 553 g/mol. The highest BCUT2D eigenvalue weighted by Gasteiger charge is 2.12. The third-order valence-electron chi connectivity index (χ3n) is 4.34. The molecule has 0 fully saturated rings. The van der Waals surface area contributed by atoms with Gasteiger partial charge in [0.15, 0.2) is 5.96 Å². The molecule has 1 aromatic carbocycles. The molecule has 0 saturated carbocycles. The van der Waals surface area contributed by atoms with Gasteiger partial charge in [-0.05, 0) is 43.5 Å². The van der Waals surface area contributed by atoms with E-state index >= 15 is 0 Å². The number of pyridine rings is 1. The second-order valence-electron chi connectivity index (χ2n) is 6.81. The number of nitrogens with one attached hydrogen (secondary N) is 3. The molecule has 1 atom stereocenters. The number of nitrogens with zero attached hydrogens (tertiary/aromatic N) is 2. The zero-order valence-corrected chi connectivity index (χ0v) is 20.7. The van der Waals surface area contributed by atoms with Crippen LogP contribution >= 0.6 is 35.3 Å². The normalized spacial score (nSPS) is 12.2. The van der Waals surface area contributed by atoms with Crippen LogP contribution in [0.2, 0.25) is 0 Å². The zero-order chi connectivity index (χ0) is 21.3. The number of aliphatic hydroxyl groups is 1. The average molecular weight is 553 g/mol. The van der Waals surface area contributed by atoms with Gasteiger partial charge in [-0.3, -0.25) is 9.79 Å². The van der Waals surface area contributed by atoms with Crippen molar-refractivity contribution in [1.29, 1.82) is 0 Å². The van der Waals surface area contributed by atoms with Crippen LogP contribution in [-0.2, 0) is 4.79 Å². The number of rotatable bonds is 8. The van der Waals surface area contributed by atoms with Crippen molar-refractivity contribution in [3.63, 3.8) is 0 Å². The summed E-state index contributed by atoms with van der Waals surface area (Å²) in [7, 11) is 0. The summed E-state index contributed by atoms with van der Waals surface area (Å²) < 4.78 is 1.15. The molecule has 0 aliphatic heterocycles. The lowest BCUT2D eigenvalue weighted by molar-refractivity contribution is -0.116. The molecular weight excluding hydrogens is 525 g/mol. The predicted molar refractivity (Wildman–Crippen MR) is 138 cm³/mol. The minimum absolute atomic E-state index is 0. The minimum atomic E-state index is -0.673. The molecule has 2 aromatic heterocycles. The molecular formula is C22H28IN5O2S. The van der Waals surface area contributed by atoms with E-state index in [0.717, 1.165) is 20.7 Å². The Balaban J connectivity index is 0.00000341. The molecule has 0 aliphatic rings. The van der Waals surface area contributed by atoms with E-state index in [1.807, 2.05) is 56.3 Å². The van der Waals surface area contributed by atoms with Crippen LogP contribution in [0.3, 0.4) is 0 Å². The maximum Gasteiger partial charge on any atom is 0.227 e. The molecule has 0 aliphatic carbocycles. The van der Waals surface area contributed by atoms with Crippen molar-refractivity contribution in [1.82, 2.24) is 15.6 Å². The quantitative estimate of drug-likeness (QED) is 0.193. The molecule has 3 rings (SSSR count). The van der Waals surface area contributed by atoms with Gasteiger partial charge in [0.2, 0.25) is 5.91 Å². The lowest BCUT2D eigenvalue weighted by atomic mass is 10.2. The Kier molecular flexibility index (Phi) is 10.2. The number of anilines is 1. The number of hydrogen-bond donors (Lipinski definition) is 4. The number of aromatic nitrogens is 1. The van der Waals surface area contributed by atoms with Crippen molar-refractivity contribution in [2.75, 3.05) is 25.0 Å². The minimum Gasteiger partial charge on any atom is -0.386 e. The van der Waals surface area contributed by atoms with Crippen LogP contribution in [0.5, 0.6) is 0 Å². The van der Waals surface area contributed by atoms with Gasteiger partial charge in [-0.1, -0.05) is 24.3 Å². The standard InChI is InChI=1S/C22H27N5O2S.HI/c1-3-23-22(24-12-11-21(29)27-20-10-6-7-15(2)26-20)25-14-17(28)19-13-16-8-4-5-9-18(16)30-19;/h4-10,13,17,28H,3,11-12,14H2,1-2H3,(H2,23,24,25)(H,26,27,29);1H. The lowest BCUT2D eigenvalue weighted by Gasteiger charge is -2.12. The summed E-state index contributed by atoms with van der Waals surface area (Å²) in [6.45, 7) is 5.19. The number of guanidine groups is 1. The molecule has 1 amide bonds. The number of amides is 1. The maximum atomic E-state index is 12.1. The first-order valence-corrected chi connectivity index (χ1v) is 10.8. The summed E-state index contributed by atoms with van der Waals surface area (Å²) in [5.74, 6) is 0.993. The SMILES string of the molecule is CCNC(=NCC(O)c1cc2ccccc2s1)NCCC(=O)Nc1cccc(C)n1.I. The van der Waals surface area contributed by atoms with Crippen molar-refractivity contribution >= 4 is 63.1 Å². The Bertz CT molecular complexity index is 991. The van der Waals surface area contributed by atoms with Gasteiger partial charge in [0.25, 0.3) is 0 Å². The largest absolute Gasteiger partial charge is 0.386 e. The van der Waals surface area contributed by atoms with E-state index in [4.69, 9.17) is 0 Å². The summed E-state index contributed by atoms with van der Waals surface area (Å²) in [4.78, 5) is 21.7. The highest BCUT2D eigenvalue weighted by Crippen LogP contribution is 2.29. The van der Waals surface area contributed by atoms with Crippen molar-refractivity contribution in [2.45, 2.75) is 26.4 Å². The van der Waals surface area contributed by atoms with E-state index in [9.17, 15) is 9.90 Å². The molecule has 0 bridgehead atoms. The first-order valence-electron chi connectivity index (χ1n) is 9.97. The van der Waals surface area contributed by atoms with Gasteiger partial charge in [0.05, 0.1) is 6.54 Å². The second kappa shape index (κ2) is 12.6. The Morgan fingerprint density at radius 2 is 2.00 bits per heavy atom. The van der Waals surface area contributed by atoms with Gasteiger partial charge in [-0.15, -0.1) is 35.3 Å². The highest BCUT2D eigenvalue weighted by molar-refractivity contribution is 14.0. The summed E-state index contributed by atoms with van der Waals surface area (Å²) in [6, 6.07) is 15.6. The summed E-state index contributed by atoms with van der Waals surface area (Å²) in [6.07, 6.45) is -0.396. The Hall–Kier alpha value is -2.24. The third kappa shape index (κ3) is 7.75. The number of fused-ring (bicyclic) bond motifs is 1. The number of aliphatic imine (C=N–C) groups is 1. The zero-order valence-electron chi connectivity index (χ0n) is 17.6. The Morgan fingerprint density at radius 1 is 1.19 bits per heavy atom. The summed E-state index contributed by atoms with van der Waals surface area (Å²) in [5, 5.41) is 20.7. The number of thiophene rings is 1. The van der Waals surface area contributed by atoms with Gasteiger partial charge in [-0.25, -0.2) is 4.98 Å². The molecule has 4 N–H and O–H groups in total. The number of benzene rings is 1. The summed E-state index contributed by atoms with van der Waals surface area (Å²) in [5.41, 5.74) is 0.852. The Morgan fingerprint density at radius 3 is 2.74 bits per heavy atom. The van der Waals surface area contributed by atoms with E-state index in [2.05, 4.69) is 25.9 Å². The van der Waals surface area contributed by atoms with E-state index < -0.39 is 6.10 Å². The lowest BCUT2D eigenvalue weighted by Crippen LogP contribution is -2.39. The molecule has 166 valence electrons. The van der Waals surface area contributed by atoms with Gasteiger partial charge in [0.1, 0.15) is 11.9 Å². The molecule has 2 heterocycles. The first kappa shape index (κ1) is 25.0. The van der Waals surface area contributed by atoms with Crippen molar-refractivity contribution in [3.8, 4) is 0 Å². The summed E-state index contributed by atoms with van der Waals surface area (Å²) >= 11 is 1.58. The number of aryl methyl sites for hydroxylation is 1. The number of halogens is 1. The van der Waals surface area contributed by atoms with Gasteiger partial charge in [0, 0.05) is 34.8 Å². The highest BCUT2D eigenvalue weighted by atomic mass is 127. The fourth-order valence-corrected chi connectivity index (χ4v) is 3.93. The van der Waals surface area contributed by atoms with E-state index in [-0.39, 0.29) is 42.8 Å². The molecule has 31 heavy (non-hydrogen) atoms.